The number of hydrogen-bond acceptors (Lipinski definition) is 8. The lowest BCUT2D eigenvalue weighted by atomic mass is 10.1. The topological polar surface area (TPSA) is 119 Å². The number of aromatic nitrogens is 3. The zero-order valence-electron chi connectivity index (χ0n) is 16.6. The molecule has 3 heterocycles. The molecule has 0 aliphatic carbocycles. The first kappa shape index (κ1) is 20.8. The molecule has 2 aromatic heterocycles. The molecular formula is C20H17ClN4O6. The van der Waals surface area contributed by atoms with Crippen molar-refractivity contribution in [3.05, 3.63) is 73.7 Å². The van der Waals surface area contributed by atoms with Crippen LogP contribution in [0.2, 0.25) is 5.02 Å². The number of pyridine rings is 1. The molecule has 10 nitrogen and oxygen atoms in total. The number of rotatable bonds is 5. The van der Waals surface area contributed by atoms with E-state index < -0.39 is 10.9 Å². The average molecular weight is 445 g/mol. The summed E-state index contributed by atoms with van der Waals surface area (Å²) in [4.78, 5) is 27.7. The number of fused-ring (bicyclic) bond motifs is 1. The molecule has 0 N–H and O–H groups in total. The second-order valence-electron chi connectivity index (χ2n) is 6.88. The van der Waals surface area contributed by atoms with E-state index in [0.29, 0.717) is 22.7 Å². The molecule has 0 bridgehead atoms. The predicted octanol–water partition coefficient (Wildman–Crippen LogP) is 3.67. The van der Waals surface area contributed by atoms with Crippen LogP contribution in [0, 0.1) is 24.0 Å². The normalized spacial score (nSPS) is 12.7. The lowest BCUT2D eigenvalue weighted by Gasteiger charge is -2.20. The number of halogens is 1. The number of benzene rings is 1. The lowest BCUT2D eigenvalue weighted by molar-refractivity contribution is -0.385. The molecule has 0 spiro atoms. The molecule has 11 heteroatoms. The van der Waals surface area contributed by atoms with Crippen LogP contribution in [-0.4, -0.2) is 32.5 Å². The van der Waals surface area contributed by atoms with Gasteiger partial charge in [-0.25, -0.2) is 14.5 Å². The zero-order valence-corrected chi connectivity index (χ0v) is 17.4. The van der Waals surface area contributed by atoms with Crippen molar-refractivity contribution in [1.29, 1.82) is 0 Å². The first-order chi connectivity index (χ1) is 14.8. The summed E-state index contributed by atoms with van der Waals surface area (Å²) in [5.41, 5.74) is 2.27. The van der Waals surface area contributed by atoms with E-state index in [1.54, 1.807) is 10.7 Å². The second-order valence-corrected chi connectivity index (χ2v) is 7.28. The Labute approximate surface area is 181 Å². The third kappa shape index (κ3) is 4.21. The molecule has 1 aromatic carbocycles. The van der Waals surface area contributed by atoms with Crippen molar-refractivity contribution >= 4 is 23.3 Å². The molecule has 4 rings (SSSR count). The predicted molar refractivity (Wildman–Crippen MR) is 108 cm³/mol. The molecule has 3 aromatic rings. The summed E-state index contributed by atoms with van der Waals surface area (Å²) >= 11 is 6.16. The molecule has 0 radical (unpaired) electrons. The Kier molecular flexibility index (Phi) is 5.57. The van der Waals surface area contributed by atoms with Crippen molar-refractivity contribution in [3.63, 3.8) is 0 Å². The van der Waals surface area contributed by atoms with Crippen LogP contribution in [0.1, 0.15) is 33.0 Å². The van der Waals surface area contributed by atoms with Gasteiger partial charge in [-0.05, 0) is 32.0 Å². The molecule has 1 aliphatic rings. The van der Waals surface area contributed by atoms with Crippen LogP contribution in [-0.2, 0) is 22.7 Å². The first-order valence-electron chi connectivity index (χ1n) is 9.21. The van der Waals surface area contributed by atoms with Crippen molar-refractivity contribution in [2.45, 2.75) is 27.1 Å². The summed E-state index contributed by atoms with van der Waals surface area (Å²) in [6.07, 6.45) is 0. The maximum Gasteiger partial charge on any atom is 0.358 e. The van der Waals surface area contributed by atoms with E-state index in [2.05, 4.69) is 10.1 Å². The van der Waals surface area contributed by atoms with Crippen molar-refractivity contribution in [1.82, 2.24) is 14.8 Å². The van der Waals surface area contributed by atoms with E-state index in [-0.39, 0.29) is 36.4 Å². The number of nitrogens with zero attached hydrogens (tertiary/aromatic N) is 4. The van der Waals surface area contributed by atoms with Gasteiger partial charge in [0.1, 0.15) is 12.4 Å². The minimum Gasteiger partial charge on any atom is -0.467 e. The molecule has 0 saturated heterocycles. The number of ether oxygens (including phenoxy) is 3. The summed E-state index contributed by atoms with van der Waals surface area (Å²) in [7, 11) is 0. The zero-order chi connectivity index (χ0) is 22.1. The average Bonchev–Trinajstić information content (AvgIpc) is 3.09. The molecule has 0 saturated carbocycles. The third-order valence-electron chi connectivity index (χ3n) is 4.59. The van der Waals surface area contributed by atoms with Gasteiger partial charge in [0.05, 0.1) is 22.2 Å². The highest BCUT2D eigenvalue weighted by atomic mass is 35.5. The summed E-state index contributed by atoms with van der Waals surface area (Å²) < 4.78 is 17.6. The van der Waals surface area contributed by atoms with Crippen molar-refractivity contribution in [2.75, 3.05) is 6.79 Å². The van der Waals surface area contributed by atoms with Crippen LogP contribution < -0.4 is 4.74 Å². The lowest BCUT2D eigenvalue weighted by Crippen LogP contribution is -2.15. The van der Waals surface area contributed by atoms with Crippen molar-refractivity contribution in [2.24, 2.45) is 0 Å². The Morgan fingerprint density at radius 2 is 2.13 bits per heavy atom. The van der Waals surface area contributed by atoms with Gasteiger partial charge in [-0.2, -0.15) is 5.10 Å². The highest BCUT2D eigenvalue weighted by Crippen LogP contribution is 2.33. The van der Waals surface area contributed by atoms with Gasteiger partial charge in [0.15, 0.2) is 18.3 Å². The quantitative estimate of drug-likeness (QED) is 0.332. The Balaban J connectivity index is 1.60. The van der Waals surface area contributed by atoms with Gasteiger partial charge in [0, 0.05) is 29.0 Å². The minimum atomic E-state index is -0.777. The molecule has 0 atom stereocenters. The summed E-state index contributed by atoms with van der Waals surface area (Å²) in [5.74, 6) is 0.0379. The van der Waals surface area contributed by atoms with E-state index >= 15 is 0 Å². The van der Waals surface area contributed by atoms with Crippen LogP contribution >= 0.6 is 11.6 Å². The highest BCUT2D eigenvalue weighted by molar-refractivity contribution is 6.33. The van der Waals surface area contributed by atoms with E-state index in [4.69, 9.17) is 25.8 Å². The Morgan fingerprint density at radius 1 is 1.32 bits per heavy atom. The fraction of sp³-hybridized carbons (Fsp3) is 0.250. The fourth-order valence-corrected chi connectivity index (χ4v) is 3.44. The number of nitro groups is 1. The smallest absolute Gasteiger partial charge is 0.358 e. The molecule has 0 unspecified atom stereocenters. The van der Waals surface area contributed by atoms with Gasteiger partial charge in [-0.1, -0.05) is 11.6 Å². The standard InChI is InChI=1S/C20H17ClN4O6/c1-11-5-12(2)24(23-11)17-4-3-16(21)18(22-17)20(26)30-9-14-7-15(25(27)28)6-13-8-29-10-31-19(13)14/h3-7H,8-10H2,1-2H3. The van der Waals surface area contributed by atoms with Crippen LogP contribution in [0.3, 0.4) is 0 Å². The van der Waals surface area contributed by atoms with E-state index in [0.717, 1.165) is 11.4 Å². The van der Waals surface area contributed by atoms with Crippen LogP contribution in [0.4, 0.5) is 5.69 Å². The molecule has 0 fully saturated rings. The van der Waals surface area contributed by atoms with Crippen LogP contribution in [0.15, 0.2) is 30.3 Å². The molecule has 160 valence electrons. The Morgan fingerprint density at radius 3 is 2.84 bits per heavy atom. The van der Waals surface area contributed by atoms with E-state index in [9.17, 15) is 14.9 Å². The number of nitro benzene ring substituents is 1. The molecular weight excluding hydrogens is 428 g/mol. The second kappa shape index (κ2) is 8.32. The molecule has 1 aliphatic heterocycles. The van der Waals surface area contributed by atoms with Gasteiger partial charge in [-0.3, -0.25) is 10.1 Å². The number of esters is 1. The van der Waals surface area contributed by atoms with Gasteiger partial charge in [-0.15, -0.1) is 0 Å². The van der Waals surface area contributed by atoms with Crippen molar-refractivity contribution < 1.29 is 23.9 Å². The monoisotopic (exact) mass is 444 g/mol. The fourth-order valence-electron chi connectivity index (χ4n) is 3.26. The summed E-state index contributed by atoms with van der Waals surface area (Å²) in [6, 6.07) is 7.73. The summed E-state index contributed by atoms with van der Waals surface area (Å²) in [5, 5.41) is 15.7. The Hall–Kier alpha value is -3.50. The van der Waals surface area contributed by atoms with E-state index in [1.165, 1.54) is 18.2 Å². The van der Waals surface area contributed by atoms with Crippen LogP contribution in [0.5, 0.6) is 5.75 Å². The van der Waals surface area contributed by atoms with Gasteiger partial charge in [0.2, 0.25) is 0 Å². The number of hydrogen-bond donors (Lipinski definition) is 0. The maximum absolute atomic E-state index is 12.7. The van der Waals surface area contributed by atoms with E-state index in [1.807, 2.05) is 19.9 Å². The Bertz CT molecular complexity index is 1190. The molecule has 0 amide bonds. The van der Waals surface area contributed by atoms with Gasteiger partial charge >= 0.3 is 5.97 Å². The van der Waals surface area contributed by atoms with Crippen LogP contribution in [0.25, 0.3) is 5.82 Å². The number of non-ortho nitro benzene ring substituents is 1. The molecule has 31 heavy (non-hydrogen) atoms. The number of aryl methyl sites for hydroxylation is 2. The maximum atomic E-state index is 12.7. The SMILES string of the molecule is Cc1cc(C)n(-c2ccc(Cl)c(C(=O)OCc3cc([N+](=O)[O-])cc4c3OCOC4)n2)n1. The summed E-state index contributed by atoms with van der Waals surface area (Å²) in [6.45, 7) is 3.62. The first-order valence-corrected chi connectivity index (χ1v) is 9.59. The van der Waals surface area contributed by atoms with Gasteiger partial charge < -0.3 is 14.2 Å². The van der Waals surface area contributed by atoms with Crippen molar-refractivity contribution in [3.8, 4) is 11.6 Å². The largest absolute Gasteiger partial charge is 0.467 e. The van der Waals surface area contributed by atoms with Gasteiger partial charge in [0.25, 0.3) is 5.69 Å². The third-order valence-corrected chi connectivity index (χ3v) is 4.90. The number of carbonyl (C=O) groups excluding carboxylic acids is 1. The number of carbonyl (C=O) groups is 1. The minimum absolute atomic E-state index is 0.00379. The highest BCUT2D eigenvalue weighted by Gasteiger charge is 2.23.